The van der Waals surface area contributed by atoms with E-state index in [2.05, 4.69) is 11.4 Å². The lowest BCUT2D eigenvalue weighted by Crippen LogP contribution is -2.33. The van der Waals surface area contributed by atoms with Crippen LogP contribution in [0.4, 0.5) is 5.69 Å². The minimum atomic E-state index is -0.906. The molecule has 2 unspecified atom stereocenters. The third-order valence-corrected chi connectivity index (χ3v) is 3.09. The van der Waals surface area contributed by atoms with Gasteiger partial charge in [0.05, 0.1) is 37.6 Å². The molecule has 0 radical (unpaired) electrons. The average Bonchev–Trinajstić information content (AvgIpc) is 2.87. The second-order valence-electron chi connectivity index (χ2n) is 4.26. The van der Waals surface area contributed by atoms with Crippen LogP contribution in [0.2, 0.25) is 0 Å². The second kappa shape index (κ2) is 5.59. The van der Waals surface area contributed by atoms with Gasteiger partial charge in [0.2, 0.25) is 0 Å². The number of ether oxygens (including phenoxy) is 2. The summed E-state index contributed by atoms with van der Waals surface area (Å²) in [6.07, 6.45) is 0. The van der Waals surface area contributed by atoms with E-state index in [0.717, 1.165) is 0 Å². The number of carboxylic acids is 1. The maximum absolute atomic E-state index is 11.1. The van der Waals surface area contributed by atoms with Gasteiger partial charge in [-0.2, -0.15) is 5.26 Å². The average molecular weight is 262 g/mol. The number of aliphatic carboxylic acids is 1. The molecule has 0 aliphatic carbocycles. The summed E-state index contributed by atoms with van der Waals surface area (Å²) in [7, 11) is 1.53. The Kier molecular flexibility index (Phi) is 3.88. The van der Waals surface area contributed by atoms with Crippen LogP contribution in [0.3, 0.4) is 0 Å². The molecule has 100 valence electrons. The minimum absolute atomic E-state index is 0.179. The number of anilines is 1. The zero-order valence-corrected chi connectivity index (χ0v) is 10.4. The third kappa shape index (κ3) is 2.77. The van der Waals surface area contributed by atoms with E-state index < -0.39 is 11.9 Å². The van der Waals surface area contributed by atoms with Gasteiger partial charge in [0.1, 0.15) is 17.7 Å². The predicted octanol–water partition coefficient (Wildman–Crippen LogP) is 1.08. The highest BCUT2D eigenvalue weighted by Crippen LogP contribution is 2.25. The highest BCUT2D eigenvalue weighted by molar-refractivity contribution is 5.73. The van der Waals surface area contributed by atoms with Crippen molar-refractivity contribution in [2.75, 3.05) is 25.6 Å². The van der Waals surface area contributed by atoms with Crippen molar-refractivity contribution < 1.29 is 19.4 Å². The molecule has 2 atom stereocenters. The SMILES string of the molecule is COc1ccc(C#N)c(NC2COCC2C(=O)O)c1. The summed E-state index contributed by atoms with van der Waals surface area (Å²) in [6.45, 7) is 0.484. The minimum Gasteiger partial charge on any atom is -0.497 e. The van der Waals surface area contributed by atoms with Crippen LogP contribution < -0.4 is 10.1 Å². The largest absolute Gasteiger partial charge is 0.497 e. The van der Waals surface area contributed by atoms with E-state index in [1.165, 1.54) is 7.11 Å². The number of carbonyl (C=O) groups is 1. The van der Waals surface area contributed by atoms with Gasteiger partial charge in [0, 0.05) is 6.07 Å². The van der Waals surface area contributed by atoms with Crippen LogP contribution >= 0.6 is 0 Å². The van der Waals surface area contributed by atoms with E-state index in [1.54, 1.807) is 18.2 Å². The maximum Gasteiger partial charge on any atom is 0.311 e. The van der Waals surface area contributed by atoms with Gasteiger partial charge in [-0.15, -0.1) is 0 Å². The molecule has 1 saturated heterocycles. The van der Waals surface area contributed by atoms with E-state index in [1.807, 2.05) is 0 Å². The Morgan fingerprint density at radius 1 is 1.58 bits per heavy atom. The number of nitrogens with one attached hydrogen (secondary N) is 1. The molecule has 1 heterocycles. The van der Waals surface area contributed by atoms with Crippen molar-refractivity contribution in [1.29, 1.82) is 5.26 Å². The van der Waals surface area contributed by atoms with Gasteiger partial charge in [-0.25, -0.2) is 0 Å². The van der Waals surface area contributed by atoms with Crippen LogP contribution in [-0.2, 0) is 9.53 Å². The number of hydrogen-bond donors (Lipinski definition) is 2. The van der Waals surface area contributed by atoms with E-state index in [0.29, 0.717) is 23.6 Å². The molecule has 6 heteroatoms. The predicted molar refractivity (Wildman–Crippen MR) is 67.1 cm³/mol. The van der Waals surface area contributed by atoms with E-state index >= 15 is 0 Å². The van der Waals surface area contributed by atoms with Crippen LogP contribution in [0.5, 0.6) is 5.75 Å². The van der Waals surface area contributed by atoms with E-state index in [-0.39, 0.29) is 12.6 Å². The summed E-state index contributed by atoms with van der Waals surface area (Å²) in [4.78, 5) is 11.1. The fourth-order valence-electron chi connectivity index (χ4n) is 2.01. The fraction of sp³-hybridized carbons (Fsp3) is 0.385. The Bertz CT molecular complexity index is 524. The normalized spacial score (nSPS) is 21.7. The number of nitrogens with zero attached hydrogens (tertiary/aromatic N) is 1. The van der Waals surface area contributed by atoms with Crippen LogP contribution in [0.1, 0.15) is 5.56 Å². The molecule has 0 saturated carbocycles. The first-order valence-corrected chi connectivity index (χ1v) is 5.81. The standard InChI is InChI=1S/C13H14N2O4/c1-18-9-3-2-8(5-14)11(4-9)15-12-7-19-6-10(12)13(16)17/h2-4,10,12,15H,6-7H2,1H3,(H,16,17). The molecule has 19 heavy (non-hydrogen) atoms. The lowest BCUT2D eigenvalue weighted by molar-refractivity contribution is -0.141. The van der Waals surface area contributed by atoms with Gasteiger partial charge >= 0.3 is 5.97 Å². The molecule has 1 aromatic carbocycles. The van der Waals surface area contributed by atoms with Crippen LogP contribution in [-0.4, -0.2) is 37.4 Å². The zero-order chi connectivity index (χ0) is 13.8. The Morgan fingerprint density at radius 2 is 2.37 bits per heavy atom. The molecule has 1 fully saturated rings. The monoisotopic (exact) mass is 262 g/mol. The van der Waals surface area contributed by atoms with Crippen LogP contribution in [0, 0.1) is 17.2 Å². The number of rotatable bonds is 4. The first kappa shape index (κ1) is 13.2. The summed E-state index contributed by atoms with van der Waals surface area (Å²) in [5.41, 5.74) is 1.00. The Balaban J connectivity index is 2.22. The molecule has 0 amide bonds. The van der Waals surface area contributed by atoms with E-state index in [4.69, 9.17) is 19.8 Å². The number of carboxylic acid groups (broad SMARTS) is 1. The third-order valence-electron chi connectivity index (χ3n) is 3.09. The Morgan fingerprint density at radius 3 is 3.00 bits per heavy atom. The van der Waals surface area contributed by atoms with Crippen molar-refractivity contribution in [1.82, 2.24) is 0 Å². The summed E-state index contributed by atoms with van der Waals surface area (Å²) < 4.78 is 10.3. The molecule has 1 aliphatic heterocycles. The van der Waals surface area contributed by atoms with Crippen LogP contribution in [0.15, 0.2) is 18.2 Å². The lowest BCUT2D eigenvalue weighted by atomic mass is 10.0. The van der Waals surface area contributed by atoms with Crippen molar-refractivity contribution in [3.63, 3.8) is 0 Å². The fourth-order valence-corrected chi connectivity index (χ4v) is 2.01. The highest BCUT2D eigenvalue weighted by atomic mass is 16.5. The Labute approximate surface area is 110 Å². The van der Waals surface area contributed by atoms with Gasteiger partial charge in [-0.3, -0.25) is 4.79 Å². The number of methoxy groups -OCH3 is 1. The summed E-state index contributed by atoms with van der Waals surface area (Å²) in [6, 6.07) is 6.70. The Hall–Kier alpha value is -2.26. The first-order chi connectivity index (χ1) is 9.15. The maximum atomic E-state index is 11.1. The van der Waals surface area contributed by atoms with Crippen LogP contribution in [0.25, 0.3) is 0 Å². The second-order valence-corrected chi connectivity index (χ2v) is 4.26. The number of benzene rings is 1. The topological polar surface area (TPSA) is 91.6 Å². The molecule has 0 bridgehead atoms. The lowest BCUT2D eigenvalue weighted by Gasteiger charge is -2.18. The summed E-state index contributed by atoms with van der Waals surface area (Å²) in [5.74, 6) is -0.915. The van der Waals surface area contributed by atoms with Gasteiger partial charge < -0.3 is 19.9 Å². The molecule has 0 aromatic heterocycles. The first-order valence-electron chi connectivity index (χ1n) is 5.81. The number of nitriles is 1. The molecule has 2 rings (SSSR count). The highest BCUT2D eigenvalue weighted by Gasteiger charge is 2.34. The molecule has 1 aliphatic rings. The van der Waals surface area contributed by atoms with E-state index in [9.17, 15) is 4.79 Å². The van der Waals surface area contributed by atoms with Crippen molar-refractivity contribution in [2.24, 2.45) is 5.92 Å². The van der Waals surface area contributed by atoms with Gasteiger partial charge in [0.15, 0.2) is 0 Å². The van der Waals surface area contributed by atoms with Crippen molar-refractivity contribution in [2.45, 2.75) is 6.04 Å². The molecular formula is C13H14N2O4. The zero-order valence-electron chi connectivity index (χ0n) is 10.4. The smallest absolute Gasteiger partial charge is 0.311 e. The van der Waals surface area contributed by atoms with Crippen molar-refractivity contribution in [3.05, 3.63) is 23.8 Å². The molecule has 1 aromatic rings. The summed E-state index contributed by atoms with van der Waals surface area (Å²) in [5, 5.41) is 21.2. The van der Waals surface area contributed by atoms with Gasteiger partial charge in [0.25, 0.3) is 0 Å². The van der Waals surface area contributed by atoms with Crippen molar-refractivity contribution in [3.8, 4) is 11.8 Å². The molecular weight excluding hydrogens is 248 g/mol. The summed E-state index contributed by atoms with van der Waals surface area (Å²) >= 11 is 0. The van der Waals surface area contributed by atoms with Crippen molar-refractivity contribution >= 4 is 11.7 Å². The quantitative estimate of drug-likeness (QED) is 0.843. The molecule has 2 N–H and O–H groups in total. The molecule has 0 spiro atoms. The number of hydrogen-bond acceptors (Lipinski definition) is 5. The van der Waals surface area contributed by atoms with Gasteiger partial charge in [-0.1, -0.05) is 0 Å². The molecule has 6 nitrogen and oxygen atoms in total. The van der Waals surface area contributed by atoms with Gasteiger partial charge in [-0.05, 0) is 12.1 Å².